The van der Waals surface area contributed by atoms with Crippen molar-refractivity contribution in [3.63, 3.8) is 0 Å². The maximum atomic E-state index is 12.6. The first-order valence-electron chi connectivity index (χ1n) is 9.48. The topological polar surface area (TPSA) is 57.2 Å². The van der Waals surface area contributed by atoms with Gasteiger partial charge in [0.25, 0.3) is 0 Å². The summed E-state index contributed by atoms with van der Waals surface area (Å²) in [6, 6.07) is 4.58. The number of ether oxygens (including phenoxy) is 4. The van der Waals surface area contributed by atoms with Gasteiger partial charge in [0, 0.05) is 25.1 Å². The number of halogens is 2. The van der Waals surface area contributed by atoms with Gasteiger partial charge in [-0.25, -0.2) is 0 Å². The summed E-state index contributed by atoms with van der Waals surface area (Å²) in [5.41, 5.74) is 0.662. The number of hydrogen-bond donors (Lipinski definition) is 0. The molecule has 1 amide bonds. The highest BCUT2D eigenvalue weighted by Gasteiger charge is 2.32. The molecule has 0 spiro atoms. The lowest BCUT2D eigenvalue weighted by Crippen LogP contribution is -2.43. The Bertz CT molecular complexity index is 691. The predicted molar refractivity (Wildman–Crippen MR) is 98.3 cm³/mol. The van der Waals surface area contributed by atoms with E-state index in [0.29, 0.717) is 38.5 Å². The van der Waals surface area contributed by atoms with Crippen molar-refractivity contribution in [3.05, 3.63) is 29.8 Å². The van der Waals surface area contributed by atoms with Gasteiger partial charge in [0.2, 0.25) is 5.91 Å². The Balaban J connectivity index is 1.63. The van der Waals surface area contributed by atoms with E-state index in [1.165, 1.54) is 12.1 Å². The Morgan fingerprint density at radius 1 is 1.32 bits per heavy atom. The lowest BCUT2D eigenvalue weighted by atomic mass is 9.97. The third-order valence-corrected chi connectivity index (χ3v) is 4.70. The number of hydrogen-bond acceptors (Lipinski definition) is 5. The third-order valence-electron chi connectivity index (χ3n) is 4.70. The van der Waals surface area contributed by atoms with Crippen molar-refractivity contribution in [1.29, 1.82) is 0 Å². The zero-order valence-electron chi connectivity index (χ0n) is 15.8. The molecule has 0 aromatic heterocycles. The molecule has 3 rings (SSSR count). The highest BCUT2D eigenvalue weighted by atomic mass is 19.3. The molecule has 0 saturated carbocycles. The lowest BCUT2D eigenvalue weighted by molar-refractivity contribution is -0.134. The van der Waals surface area contributed by atoms with Crippen LogP contribution in [0, 0.1) is 5.92 Å². The maximum absolute atomic E-state index is 12.6. The number of amides is 1. The molecule has 1 unspecified atom stereocenters. The minimum atomic E-state index is -2.93. The van der Waals surface area contributed by atoms with Gasteiger partial charge in [-0.15, -0.1) is 0 Å². The molecular weight excluding hydrogens is 372 g/mol. The molecule has 1 aromatic carbocycles. The van der Waals surface area contributed by atoms with E-state index in [1.807, 2.05) is 0 Å². The van der Waals surface area contributed by atoms with Gasteiger partial charge in [-0.3, -0.25) is 4.79 Å². The summed E-state index contributed by atoms with van der Waals surface area (Å²) in [7, 11) is 0. The van der Waals surface area contributed by atoms with Crippen LogP contribution in [0.25, 0.3) is 6.08 Å². The first-order valence-corrected chi connectivity index (χ1v) is 9.48. The van der Waals surface area contributed by atoms with Gasteiger partial charge >= 0.3 is 6.61 Å². The molecule has 2 saturated heterocycles. The molecule has 0 radical (unpaired) electrons. The van der Waals surface area contributed by atoms with Crippen molar-refractivity contribution in [2.24, 2.45) is 5.92 Å². The van der Waals surface area contributed by atoms with Gasteiger partial charge in [-0.1, -0.05) is 6.07 Å². The molecular formula is C20H25F2NO5. The van der Waals surface area contributed by atoms with Gasteiger partial charge in [0.05, 0.1) is 19.8 Å². The predicted octanol–water partition coefficient (Wildman–Crippen LogP) is 3.31. The van der Waals surface area contributed by atoms with E-state index in [-0.39, 0.29) is 29.6 Å². The zero-order chi connectivity index (χ0) is 19.9. The SMILES string of the molecule is CCOc1cc(/C=C/C(=O)N2CCCC(C3OCCO3)C2)ccc1OC(F)F. The van der Waals surface area contributed by atoms with E-state index < -0.39 is 6.61 Å². The van der Waals surface area contributed by atoms with Crippen LogP contribution in [-0.4, -0.2) is 56.6 Å². The number of carbonyl (C=O) groups is 1. The fraction of sp³-hybridized carbons (Fsp3) is 0.550. The summed E-state index contributed by atoms with van der Waals surface area (Å²) in [6.45, 7) is 1.62. The number of piperidine rings is 1. The second-order valence-corrected chi connectivity index (χ2v) is 6.65. The van der Waals surface area contributed by atoms with Crippen LogP contribution in [0.1, 0.15) is 25.3 Å². The van der Waals surface area contributed by atoms with Crippen molar-refractivity contribution in [3.8, 4) is 11.5 Å². The quantitative estimate of drug-likeness (QED) is 0.661. The Kier molecular flexibility index (Phi) is 7.22. The molecule has 0 N–H and O–H groups in total. The van der Waals surface area contributed by atoms with E-state index in [0.717, 1.165) is 12.8 Å². The zero-order valence-corrected chi connectivity index (χ0v) is 15.8. The van der Waals surface area contributed by atoms with Gasteiger partial charge in [0.15, 0.2) is 17.8 Å². The van der Waals surface area contributed by atoms with Crippen LogP contribution in [0.4, 0.5) is 8.78 Å². The summed E-state index contributed by atoms with van der Waals surface area (Å²) in [5, 5.41) is 0. The van der Waals surface area contributed by atoms with Crippen LogP contribution in [0.2, 0.25) is 0 Å². The molecule has 0 bridgehead atoms. The van der Waals surface area contributed by atoms with Crippen molar-refractivity contribution < 1.29 is 32.5 Å². The molecule has 28 heavy (non-hydrogen) atoms. The van der Waals surface area contributed by atoms with E-state index in [4.69, 9.17) is 14.2 Å². The number of alkyl halides is 2. The fourth-order valence-electron chi connectivity index (χ4n) is 3.44. The second kappa shape index (κ2) is 9.84. The highest BCUT2D eigenvalue weighted by molar-refractivity contribution is 5.92. The number of likely N-dealkylation sites (tertiary alicyclic amines) is 1. The molecule has 154 valence electrons. The molecule has 2 heterocycles. The van der Waals surface area contributed by atoms with Gasteiger partial charge in [-0.05, 0) is 43.5 Å². The van der Waals surface area contributed by atoms with Gasteiger partial charge in [0.1, 0.15) is 0 Å². The first kappa shape index (κ1) is 20.5. The minimum absolute atomic E-state index is 0.0317. The normalized spacial score (nSPS) is 20.9. The average Bonchev–Trinajstić information content (AvgIpc) is 3.23. The molecule has 6 nitrogen and oxygen atoms in total. The van der Waals surface area contributed by atoms with Crippen molar-refractivity contribution in [1.82, 2.24) is 4.90 Å². The van der Waals surface area contributed by atoms with Gasteiger partial charge < -0.3 is 23.8 Å². The van der Waals surface area contributed by atoms with Crippen LogP contribution < -0.4 is 9.47 Å². The third kappa shape index (κ3) is 5.42. The number of rotatable bonds is 7. The van der Waals surface area contributed by atoms with Crippen LogP contribution in [0.5, 0.6) is 11.5 Å². The smallest absolute Gasteiger partial charge is 0.387 e. The average molecular weight is 397 g/mol. The lowest BCUT2D eigenvalue weighted by Gasteiger charge is -2.34. The number of nitrogens with zero attached hydrogens (tertiary/aromatic N) is 1. The maximum Gasteiger partial charge on any atom is 0.387 e. The summed E-state index contributed by atoms with van der Waals surface area (Å²) in [6.07, 6.45) is 4.78. The van der Waals surface area contributed by atoms with Gasteiger partial charge in [-0.2, -0.15) is 8.78 Å². The molecule has 0 aliphatic carbocycles. The Hall–Kier alpha value is -2.19. The van der Waals surface area contributed by atoms with Crippen LogP contribution in [0.15, 0.2) is 24.3 Å². The molecule has 2 fully saturated rings. The summed E-state index contributed by atoms with van der Waals surface area (Å²) >= 11 is 0. The monoisotopic (exact) mass is 397 g/mol. The van der Waals surface area contributed by atoms with E-state index in [2.05, 4.69) is 4.74 Å². The second-order valence-electron chi connectivity index (χ2n) is 6.65. The molecule has 2 aliphatic heterocycles. The molecule has 2 aliphatic rings. The van der Waals surface area contributed by atoms with Crippen LogP contribution >= 0.6 is 0 Å². The van der Waals surface area contributed by atoms with Crippen molar-refractivity contribution in [2.45, 2.75) is 32.7 Å². The Labute approximate surface area is 163 Å². The summed E-state index contributed by atoms with van der Waals surface area (Å²) < 4.78 is 45.9. The molecule has 1 atom stereocenters. The Morgan fingerprint density at radius 3 is 2.82 bits per heavy atom. The molecule has 8 heteroatoms. The van der Waals surface area contributed by atoms with E-state index in [9.17, 15) is 13.6 Å². The van der Waals surface area contributed by atoms with Crippen molar-refractivity contribution >= 4 is 12.0 Å². The largest absolute Gasteiger partial charge is 0.490 e. The van der Waals surface area contributed by atoms with Crippen LogP contribution in [-0.2, 0) is 14.3 Å². The van der Waals surface area contributed by atoms with Crippen molar-refractivity contribution in [2.75, 3.05) is 32.9 Å². The van der Waals surface area contributed by atoms with E-state index >= 15 is 0 Å². The summed E-state index contributed by atoms with van der Waals surface area (Å²) in [4.78, 5) is 14.3. The van der Waals surface area contributed by atoms with Crippen LogP contribution in [0.3, 0.4) is 0 Å². The highest BCUT2D eigenvalue weighted by Crippen LogP contribution is 2.30. The minimum Gasteiger partial charge on any atom is -0.490 e. The standard InChI is InChI=1S/C20H25F2NO5/c1-2-25-17-12-14(5-7-16(17)28-20(21)22)6-8-18(24)23-9-3-4-15(13-23)19-26-10-11-27-19/h5-8,12,15,19-20H,2-4,9-11,13H2,1H3/b8-6+. The first-order chi connectivity index (χ1) is 13.6. The number of benzene rings is 1. The molecule has 1 aromatic rings. The van der Waals surface area contributed by atoms with E-state index in [1.54, 1.807) is 30.0 Å². The number of carbonyl (C=O) groups excluding carboxylic acids is 1. The fourth-order valence-corrected chi connectivity index (χ4v) is 3.44. The Morgan fingerprint density at radius 2 is 2.11 bits per heavy atom. The summed E-state index contributed by atoms with van der Waals surface area (Å²) in [5.74, 6) is 0.263.